The van der Waals surface area contributed by atoms with E-state index in [-0.39, 0.29) is 5.54 Å². The van der Waals surface area contributed by atoms with Crippen LogP contribution in [0.3, 0.4) is 0 Å². The molecule has 0 amide bonds. The van der Waals surface area contributed by atoms with Crippen LogP contribution in [0.4, 0.5) is 0 Å². The topological polar surface area (TPSA) is 38.0 Å². The van der Waals surface area contributed by atoms with Crippen molar-refractivity contribution in [3.8, 4) is 0 Å². The van der Waals surface area contributed by atoms with Crippen molar-refractivity contribution in [2.75, 3.05) is 6.54 Å². The molecule has 68 valence electrons. The second-order valence-electron chi connectivity index (χ2n) is 3.28. The van der Waals surface area contributed by atoms with Crippen molar-refractivity contribution in [1.82, 2.24) is 5.32 Å². The largest absolute Gasteiger partial charge is 0.399 e. The van der Waals surface area contributed by atoms with Crippen LogP contribution < -0.4 is 11.1 Å². The van der Waals surface area contributed by atoms with E-state index in [2.05, 4.69) is 31.3 Å². The molecule has 3 N–H and O–H groups in total. The van der Waals surface area contributed by atoms with Gasteiger partial charge in [-0.25, -0.2) is 0 Å². The Hall–Kier alpha value is -0.760. The normalized spacial score (nSPS) is 28.7. The highest BCUT2D eigenvalue weighted by molar-refractivity contribution is 5.26. The molecule has 12 heavy (non-hydrogen) atoms. The van der Waals surface area contributed by atoms with Crippen LogP contribution in [0.25, 0.3) is 0 Å². The Morgan fingerprint density at radius 3 is 2.75 bits per heavy atom. The van der Waals surface area contributed by atoms with Crippen molar-refractivity contribution in [1.29, 1.82) is 0 Å². The molecule has 0 bridgehead atoms. The van der Waals surface area contributed by atoms with Gasteiger partial charge in [0.25, 0.3) is 0 Å². The molecule has 0 heterocycles. The molecule has 2 heteroatoms. The summed E-state index contributed by atoms with van der Waals surface area (Å²) in [7, 11) is 0. The lowest BCUT2D eigenvalue weighted by atomic mass is 9.88. The maximum Gasteiger partial charge on any atom is 0.0401 e. The maximum atomic E-state index is 5.65. The van der Waals surface area contributed by atoms with Crippen LogP contribution in [0.5, 0.6) is 0 Å². The third kappa shape index (κ3) is 1.89. The highest BCUT2D eigenvalue weighted by Crippen LogP contribution is 2.22. The number of hydrogen-bond acceptors (Lipinski definition) is 2. The van der Waals surface area contributed by atoms with E-state index in [0.717, 1.165) is 25.1 Å². The number of hydrogen-bond donors (Lipinski definition) is 2. The molecule has 0 aromatic carbocycles. The van der Waals surface area contributed by atoms with Crippen LogP contribution in [0.15, 0.2) is 23.9 Å². The predicted molar refractivity (Wildman–Crippen MR) is 52.7 cm³/mol. The number of rotatable bonds is 3. The van der Waals surface area contributed by atoms with Gasteiger partial charge in [-0.2, -0.15) is 0 Å². The van der Waals surface area contributed by atoms with E-state index >= 15 is 0 Å². The van der Waals surface area contributed by atoms with E-state index in [4.69, 9.17) is 5.73 Å². The van der Waals surface area contributed by atoms with Crippen LogP contribution >= 0.6 is 0 Å². The van der Waals surface area contributed by atoms with Crippen molar-refractivity contribution in [2.24, 2.45) is 5.73 Å². The average Bonchev–Trinajstić information content (AvgIpc) is 2.10. The fourth-order valence-electron chi connectivity index (χ4n) is 1.56. The quantitative estimate of drug-likeness (QED) is 0.667. The molecule has 0 saturated heterocycles. The van der Waals surface area contributed by atoms with E-state index in [1.165, 1.54) is 0 Å². The molecule has 0 saturated carbocycles. The zero-order valence-electron chi connectivity index (χ0n) is 7.93. The molecule has 1 rings (SSSR count). The Bertz CT molecular complexity index is 206. The summed E-state index contributed by atoms with van der Waals surface area (Å²) in [5.41, 5.74) is 6.70. The zero-order chi connectivity index (χ0) is 9.03. The molecule has 2 nitrogen and oxygen atoms in total. The smallest absolute Gasteiger partial charge is 0.0401 e. The van der Waals surface area contributed by atoms with Crippen molar-refractivity contribution in [2.45, 2.75) is 32.2 Å². The molecule has 1 aliphatic carbocycles. The third-order valence-electron chi connectivity index (χ3n) is 2.46. The summed E-state index contributed by atoms with van der Waals surface area (Å²) < 4.78 is 0. The first-order valence-electron chi connectivity index (χ1n) is 4.62. The summed E-state index contributed by atoms with van der Waals surface area (Å²) in [4.78, 5) is 0. The van der Waals surface area contributed by atoms with Crippen LogP contribution in [-0.2, 0) is 0 Å². The van der Waals surface area contributed by atoms with Crippen LogP contribution in [0.2, 0.25) is 0 Å². The van der Waals surface area contributed by atoms with Crippen LogP contribution in [0.1, 0.15) is 26.7 Å². The van der Waals surface area contributed by atoms with Crippen LogP contribution in [0, 0.1) is 0 Å². The zero-order valence-corrected chi connectivity index (χ0v) is 7.93. The van der Waals surface area contributed by atoms with Gasteiger partial charge in [-0.3, -0.25) is 0 Å². The van der Waals surface area contributed by atoms with Gasteiger partial charge in [-0.05, 0) is 25.5 Å². The first-order valence-corrected chi connectivity index (χ1v) is 4.62. The average molecular weight is 166 g/mol. The van der Waals surface area contributed by atoms with E-state index in [9.17, 15) is 0 Å². The van der Waals surface area contributed by atoms with Gasteiger partial charge >= 0.3 is 0 Å². The first kappa shape index (κ1) is 9.33. The summed E-state index contributed by atoms with van der Waals surface area (Å²) in [6, 6.07) is 0. The lowest BCUT2D eigenvalue weighted by molar-refractivity contribution is 0.398. The molecule has 0 spiro atoms. The molecular weight excluding hydrogens is 148 g/mol. The Balaban J connectivity index is 2.66. The summed E-state index contributed by atoms with van der Waals surface area (Å²) in [5.74, 6) is 0. The van der Waals surface area contributed by atoms with Gasteiger partial charge in [0.05, 0.1) is 0 Å². The minimum Gasteiger partial charge on any atom is -0.399 e. The molecule has 1 unspecified atom stereocenters. The van der Waals surface area contributed by atoms with Gasteiger partial charge in [0.15, 0.2) is 0 Å². The third-order valence-corrected chi connectivity index (χ3v) is 2.46. The molecule has 1 atom stereocenters. The molecule has 1 aliphatic rings. The molecule has 0 fully saturated rings. The molecule has 0 aromatic heterocycles. The SMILES string of the molecule is CCNC1(CC)C=CC(N)=CC1. The molecular formula is C10H18N2. The standard InChI is InChI=1S/C10H18N2/c1-3-10(12-4-2)7-5-9(11)6-8-10/h5-7,12H,3-4,8,11H2,1-2H3. The Morgan fingerprint density at radius 2 is 2.33 bits per heavy atom. The summed E-state index contributed by atoms with van der Waals surface area (Å²) in [6.45, 7) is 5.33. The summed E-state index contributed by atoms with van der Waals surface area (Å²) >= 11 is 0. The predicted octanol–water partition coefficient (Wildman–Crippen LogP) is 1.55. The fourth-order valence-corrected chi connectivity index (χ4v) is 1.56. The fraction of sp³-hybridized carbons (Fsp3) is 0.600. The van der Waals surface area contributed by atoms with Gasteiger partial charge in [-0.1, -0.05) is 26.0 Å². The Labute approximate surface area is 74.5 Å². The minimum atomic E-state index is 0.164. The van der Waals surface area contributed by atoms with E-state index in [1.807, 2.05) is 6.08 Å². The number of allylic oxidation sites excluding steroid dienone is 1. The van der Waals surface area contributed by atoms with E-state index in [1.54, 1.807) is 0 Å². The molecule has 0 radical (unpaired) electrons. The highest BCUT2D eigenvalue weighted by Gasteiger charge is 2.23. The minimum absolute atomic E-state index is 0.164. The number of nitrogens with two attached hydrogens (primary N) is 1. The number of nitrogens with one attached hydrogen (secondary N) is 1. The van der Waals surface area contributed by atoms with Crippen molar-refractivity contribution in [3.63, 3.8) is 0 Å². The Morgan fingerprint density at radius 1 is 1.58 bits per heavy atom. The second kappa shape index (κ2) is 3.76. The lowest BCUT2D eigenvalue weighted by Crippen LogP contribution is -2.43. The monoisotopic (exact) mass is 166 g/mol. The van der Waals surface area contributed by atoms with Crippen molar-refractivity contribution in [3.05, 3.63) is 23.9 Å². The molecule has 0 aromatic rings. The van der Waals surface area contributed by atoms with E-state index in [0.29, 0.717) is 0 Å². The van der Waals surface area contributed by atoms with Gasteiger partial charge in [-0.15, -0.1) is 0 Å². The second-order valence-corrected chi connectivity index (χ2v) is 3.28. The van der Waals surface area contributed by atoms with Crippen LogP contribution in [-0.4, -0.2) is 12.1 Å². The Kier molecular flexibility index (Phi) is 2.93. The van der Waals surface area contributed by atoms with E-state index < -0.39 is 0 Å². The van der Waals surface area contributed by atoms with Gasteiger partial charge < -0.3 is 11.1 Å². The highest BCUT2D eigenvalue weighted by atomic mass is 15.0. The van der Waals surface area contributed by atoms with Gasteiger partial charge in [0, 0.05) is 11.2 Å². The lowest BCUT2D eigenvalue weighted by Gasteiger charge is -2.31. The first-order chi connectivity index (χ1) is 5.72. The van der Waals surface area contributed by atoms with Gasteiger partial charge in [0.2, 0.25) is 0 Å². The summed E-state index contributed by atoms with van der Waals surface area (Å²) in [6.07, 6.45) is 8.40. The van der Waals surface area contributed by atoms with Gasteiger partial charge in [0.1, 0.15) is 0 Å². The molecule has 0 aliphatic heterocycles. The van der Waals surface area contributed by atoms with Crippen molar-refractivity contribution >= 4 is 0 Å². The van der Waals surface area contributed by atoms with Crippen molar-refractivity contribution < 1.29 is 0 Å². The summed E-state index contributed by atoms with van der Waals surface area (Å²) in [5, 5.41) is 3.48. The number of likely N-dealkylation sites (N-methyl/N-ethyl adjacent to an activating group) is 1. The maximum absolute atomic E-state index is 5.65.